The highest BCUT2D eigenvalue weighted by Crippen LogP contribution is 2.48. The number of hydrogen-bond donors (Lipinski definition) is 3. The van der Waals surface area contributed by atoms with Crippen molar-refractivity contribution in [3.8, 4) is 28.6 Å². The van der Waals surface area contributed by atoms with Crippen LogP contribution in [0.15, 0.2) is 54.6 Å². The first kappa shape index (κ1) is 49.3. The van der Waals surface area contributed by atoms with Crippen molar-refractivity contribution in [2.75, 3.05) is 13.7 Å². The predicted octanol–water partition coefficient (Wildman–Crippen LogP) is 7.02. The Morgan fingerprint density at radius 2 is 1.69 bits per heavy atom. The molecule has 3 heterocycles. The van der Waals surface area contributed by atoms with Crippen LogP contribution in [0.25, 0.3) is 22.3 Å². The molecule has 0 unspecified atom stereocenters. The van der Waals surface area contributed by atoms with Crippen LogP contribution in [-0.2, 0) is 24.4 Å². The van der Waals surface area contributed by atoms with Crippen LogP contribution in [-0.4, -0.2) is 117 Å². The quantitative estimate of drug-likeness (QED) is 0.166. The number of rotatable bonds is 11. The molecule has 0 radical (unpaired) electrons. The Labute approximate surface area is 388 Å². The van der Waals surface area contributed by atoms with Crippen LogP contribution in [0.1, 0.15) is 93.4 Å². The molecular weight excluding hydrogens is 898 g/mol. The number of fused-ring (bicyclic) bond motifs is 3. The maximum absolute atomic E-state index is 15.3. The molecule has 3 fully saturated rings. The van der Waals surface area contributed by atoms with Crippen molar-refractivity contribution in [2.24, 2.45) is 17.8 Å². The molecule has 7 rings (SSSR count). The SMILES string of the molecule is COc1ccc2nc(O[C@@H]3C[C@H]4C(=O)N[C@]5(C(=O)NS(=O)(=O)C6(C)CC6)C[C@H]5C=CCC[C@@H](C)C[C@@H](C)[C@H](N(C(=O)O)C(C)(C)C(F)(F)F)C(=O)N4C3)c(-c3ccc(OC(C)C)cc3)nc2c1. The summed E-state index contributed by atoms with van der Waals surface area (Å²) in [7, 11) is -2.65. The van der Waals surface area contributed by atoms with E-state index in [4.69, 9.17) is 24.2 Å². The van der Waals surface area contributed by atoms with Crippen LogP contribution >= 0.6 is 0 Å². The molecule has 7 atom stereocenters. The number of benzene rings is 2. The second kappa shape index (κ2) is 18.1. The summed E-state index contributed by atoms with van der Waals surface area (Å²) in [5.74, 6) is -3.71. The zero-order valence-electron chi connectivity index (χ0n) is 38.8. The average Bonchev–Trinajstić information content (AvgIpc) is 4.13. The first-order valence-electron chi connectivity index (χ1n) is 22.6. The topological polar surface area (TPSA) is 207 Å². The van der Waals surface area contributed by atoms with Crippen LogP contribution in [0.2, 0.25) is 0 Å². The minimum Gasteiger partial charge on any atom is -0.497 e. The highest BCUT2D eigenvalue weighted by atomic mass is 32.2. The minimum absolute atomic E-state index is 0.0121. The van der Waals surface area contributed by atoms with E-state index in [1.54, 1.807) is 54.6 Å². The number of nitrogens with one attached hydrogen (secondary N) is 2. The van der Waals surface area contributed by atoms with E-state index in [1.165, 1.54) is 21.0 Å². The van der Waals surface area contributed by atoms with Gasteiger partial charge in [-0.2, -0.15) is 13.2 Å². The third-order valence-corrected chi connectivity index (χ3v) is 15.8. The maximum Gasteiger partial charge on any atom is 0.411 e. The summed E-state index contributed by atoms with van der Waals surface area (Å²) in [4.78, 5) is 68.2. The fourth-order valence-electron chi connectivity index (χ4n) is 9.12. The Morgan fingerprint density at radius 3 is 2.30 bits per heavy atom. The van der Waals surface area contributed by atoms with Gasteiger partial charge in [-0.1, -0.05) is 26.0 Å². The normalized spacial score (nSPS) is 26.7. The van der Waals surface area contributed by atoms with Crippen molar-refractivity contribution < 1.29 is 60.1 Å². The van der Waals surface area contributed by atoms with Gasteiger partial charge in [0.1, 0.15) is 46.5 Å². The lowest BCUT2D eigenvalue weighted by Gasteiger charge is -2.45. The van der Waals surface area contributed by atoms with E-state index in [-0.39, 0.29) is 47.8 Å². The monoisotopic (exact) mass is 956 g/mol. The summed E-state index contributed by atoms with van der Waals surface area (Å²) in [5, 5.41) is 13.4. The van der Waals surface area contributed by atoms with Gasteiger partial charge in [0.25, 0.3) is 5.91 Å². The van der Waals surface area contributed by atoms with Gasteiger partial charge in [0.2, 0.25) is 27.7 Å². The molecule has 4 amide bonds. The third-order valence-electron chi connectivity index (χ3n) is 13.6. The molecule has 3 N–H and O–H groups in total. The van der Waals surface area contributed by atoms with Gasteiger partial charge >= 0.3 is 12.3 Å². The molecular formula is C47H59F3N6O10S. The number of amides is 4. The van der Waals surface area contributed by atoms with Crippen molar-refractivity contribution >= 4 is 44.9 Å². The molecule has 20 heteroatoms. The molecule has 2 aliphatic carbocycles. The van der Waals surface area contributed by atoms with Gasteiger partial charge in [-0.25, -0.2) is 23.2 Å². The van der Waals surface area contributed by atoms with E-state index in [0.717, 1.165) is 4.90 Å². The van der Waals surface area contributed by atoms with Gasteiger partial charge in [-0.15, -0.1) is 0 Å². The summed E-state index contributed by atoms with van der Waals surface area (Å²) in [6.45, 7) is 9.61. The van der Waals surface area contributed by atoms with Crippen LogP contribution in [0, 0.1) is 17.8 Å². The van der Waals surface area contributed by atoms with Crippen molar-refractivity contribution in [3.05, 3.63) is 54.6 Å². The van der Waals surface area contributed by atoms with Gasteiger partial charge in [0.15, 0.2) is 0 Å². The number of nitrogens with zero attached hydrogens (tertiary/aromatic N) is 4. The van der Waals surface area contributed by atoms with E-state index in [1.807, 2.05) is 20.8 Å². The number of carbonyl (C=O) groups excluding carboxylic acids is 3. The van der Waals surface area contributed by atoms with Gasteiger partial charge in [-0.05, 0) is 121 Å². The Hall–Kier alpha value is -5.66. The number of hydrogen-bond acceptors (Lipinski definition) is 11. The number of halogens is 3. The summed E-state index contributed by atoms with van der Waals surface area (Å²) in [5.41, 5.74) is -3.18. The standard InChI is InChI=1S/C47H59F3N6O10S/c1-26(2)65-31-15-13-29(14-16-31)37-40(52-34-18-17-32(64-8)22-35(34)51-37)66-33-23-36-39(57)53-46(42(59)54-67(62,63)45(7)19-20-45)24-30(46)12-10-9-11-27(3)21-28(4)38(41(58)55(36)25-33)56(43(60)61)44(5,6)47(48,49)50/h10,12-18,22,26-28,30,33,36,38H,9,11,19-21,23-25H2,1-8H3,(H,53,57)(H,54,59)(H,60,61)/t27-,28-,30-,33-,36+,38+,46-/m1/s1. The lowest BCUT2D eigenvalue weighted by molar-refractivity contribution is -0.222. The first-order chi connectivity index (χ1) is 31.3. The molecule has 0 bridgehead atoms. The second-order valence-electron chi connectivity index (χ2n) is 19.5. The van der Waals surface area contributed by atoms with Gasteiger partial charge in [-0.3, -0.25) is 24.0 Å². The Kier molecular flexibility index (Phi) is 13.3. The number of carbonyl (C=O) groups is 4. The Balaban J connectivity index is 1.32. The van der Waals surface area contributed by atoms with Gasteiger partial charge < -0.3 is 29.5 Å². The number of sulfonamides is 1. The summed E-state index contributed by atoms with van der Waals surface area (Å²) < 4.78 is 90.2. The molecule has 3 aromatic rings. The number of carboxylic acid groups (broad SMARTS) is 1. The highest BCUT2D eigenvalue weighted by Gasteiger charge is 2.64. The molecule has 0 spiro atoms. The van der Waals surface area contributed by atoms with Crippen molar-refractivity contribution in [3.63, 3.8) is 0 Å². The van der Waals surface area contributed by atoms with Crippen molar-refractivity contribution in [1.82, 2.24) is 29.8 Å². The van der Waals surface area contributed by atoms with E-state index >= 15 is 4.79 Å². The number of allylic oxidation sites excluding steroid dienone is 1. The van der Waals surface area contributed by atoms with E-state index in [0.29, 0.717) is 67.6 Å². The molecule has 16 nitrogen and oxygen atoms in total. The molecule has 364 valence electrons. The molecule has 67 heavy (non-hydrogen) atoms. The number of aromatic nitrogens is 2. The van der Waals surface area contributed by atoms with Crippen LogP contribution in [0.5, 0.6) is 17.4 Å². The summed E-state index contributed by atoms with van der Waals surface area (Å²) >= 11 is 0. The first-order valence-corrected chi connectivity index (χ1v) is 24.0. The number of alkyl halides is 3. The second-order valence-corrected chi connectivity index (χ2v) is 21.7. The van der Waals surface area contributed by atoms with E-state index in [9.17, 15) is 41.1 Å². The molecule has 2 aromatic carbocycles. The lowest BCUT2D eigenvalue weighted by atomic mass is 9.85. The fourth-order valence-corrected chi connectivity index (χ4v) is 10.4. The van der Waals surface area contributed by atoms with Crippen LogP contribution < -0.4 is 24.2 Å². The van der Waals surface area contributed by atoms with Crippen LogP contribution in [0.4, 0.5) is 18.0 Å². The average molecular weight is 957 g/mol. The maximum atomic E-state index is 15.3. The number of methoxy groups -OCH3 is 1. The Bertz CT molecular complexity index is 2550. The van der Waals surface area contributed by atoms with Crippen molar-refractivity contribution in [2.45, 2.75) is 140 Å². The molecule has 1 aromatic heterocycles. The largest absolute Gasteiger partial charge is 0.497 e. The number of ether oxygens (including phenoxy) is 3. The predicted molar refractivity (Wildman–Crippen MR) is 241 cm³/mol. The Morgan fingerprint density at radius 1 is 1.01 bits per heavy atom. The van der Waals surface area contributed by atoms with Gasteiger partial charge in [0, 0.05) is 24.0 Å². The van der Waals surface area contributed by atoms with Crippen LogP contribution in [0.3, 0.4) is 0 Å². The summed E-state index contributed by atoms with van der Waals surface area (Å²) in [6.07, 6.45) is -3.29. The third kappa shape index (κ3) is 9.86. The van der Waals surface area contributed by atoms with Crippen molar-refractivity contribution in [1.29, 1.82) is 0 Å². The summed E-state index contributed by atoms with van der Waals surface area (Å²) in [6, 6.07) is 8.53. The van der Waals surface area contributed by atoms with E-state index in [2.05, 4.69) is 10.0 Å². The molecule has 2 aliphatic heterocycles. The highest BCUT2D eigenvalue weighted by molar-refractivity contribution is 7.91. The minimum atomic E-state index is -5.13. The lowest BCUT2D eigenvalue weighted by Crippen LogP contribution is -2.66. The zero-order valence-corrected chi connectivity index (χ0v) is 39.7. The smallest absolute Gasteiger partial charge is 0.411 e. The molecule has 2 saturated carbocycles. The fraction of sp³-hybridized carbons (Fsp3) is 0.574. The zero-order chi connectivity index (χ0) is 49.0. The van der Waals surface area contributed by atoms with E-state index < -0.39 is 92.4 Å². The van der Waals surface area contributed by atoms with Gasteiger partial charge in [0.05, 0.1) is 35.5 Å². The molecule has 4 aliphatic rings. The molecule has 1 saturated heterocycles.